The van der Waals surface area contributed by atoms with Gasteiger partial charge in [-0.25, -0.2) is 0 Å². The van der Waals surface area contributed by atoms with Crippen molar-refractivity contribution >= 4 is 28.9 Å². The maximum absolute atomic E-state index is 12.7. The molecule has 0 saturated carbocycles. The lowest BCUT2D eigenvalue weighted by atomic mass is 10.1. The number of carbonyl (C=O) groups is 1. The van der Waals surface area contributed by atoms with Crippen molar-refractivity contribution in [2.45, 2.75) is 13.1 Å². The number of aromatic nitrogens is 1. The zero-order valence-corrected chi connectivity index (χ0v) is 15.0. The molecule has 0 atom stereocenters. The van der Waals surface area contributed by atoms with Gasteiger partial charge in [-0.1, -0.05) is 17.7 Å². The molecule has 0 unspecified atom stereocenters. The summed E-state index contributed by atoms with van der Waals surface area (Å²) in [6.07, 6.45) is 5.01. The number of rotatable bonds is 6. The van der Waals surface area contributed by atoms with Crippen LogP contribution in [0.4, 0.5) is 11.4 Å². The first kappa shape index (κ1) is 17.8. The minimum Gasteiger partial charge on any atom is -0.467 e. The summed E-state index contributed by atoms with van der Waals surface area (Å²) >= 11 is 6.17. The first-order valence-electron chi connectivity index (χ1n) is 8.04. The molecule has 0 aliphatic rings. The molecule has 0 aliphatic heterocycles. The smallest absolute Gasteiger partial charge is 0.253 e. The Balaban J connectivity index is 1.82. The van der Waals surface area contributed by atoms with E-state index in [1.165, 1.54) is 0 Å². The number of benzene rings is 1. The minimum atomic E-state index is -0.237. The maximum Gasteiger partial charge on any atom is 0.253 e. The molecule has 3 aromatic rings. The predicted molar refractivity (Wildman–Crippen MR) is 102 cm³/mol. The number of nitrogen functional groups attached to an aromatic ring is 1. The van der Waals surface area contributed by atoms with Crippen LogP contribution in [0.2, 0.25) is 5.02 Å². The van der Waals surface area contributed by atoms with E-state index in [0.717, 1.165) is 11.3 Å². The third-order valence-corrected chi connectivity index (χ3v) is 4.25. The van der Waals surface area contributed by atoms with E-state index in [-0.39, 0.29) is 5.91 Å². The van der Waals surface area contributed by atoms with Crippen LogP contribution < -0.4 is 16.0 Å². The Hall–Kier alpha value is -2.99. The highest BCUT2D eigenvalue weighted by Crippen LogP contribution is 2.30. The number of hydrogen-bond acceptors (Lipinski definition) is 5. The van der Waals surface area contributed by atoms with Crippen molar-refractivity contribution in [3.05, 3.63) is 77.0 Å². The first-order valence-corrected chi connectivity index (χ1v) is 8.42. The Morgan fingerprint density at radius 2 is 2.19 bits per heavy atom. The largest absolute Gasteiger partial charge is 0.467 e. The van der Waals surface area contributed by atoms with Crippen molar-refractivity contribution in [3.63, 3.8) is 0 Å². The fourth-order valence-corrected chi connectivity index (χ4v) is 2.74. The maximum atomic E-state index is 12.7. The van der Waals surface area contributed by atoms with Gasteiger partial charge in [0.25, 0.3) is 5.91 Å². The number of furan rings is 1. The molecule has 0 spiro atoms. The Morgan fingerprint density at radius 1 is 1.35 bits per heavy atom. The van der Waals surface area contributed by atoms with Crippen LogP contribution in [0.5, 0.6) is 0 Å². The van der Waals surface area contributed by atoms with Gasteiger partial charge < -0.3 is 20.4 Å². The van der Waals surface area contributed by atoms with Gasteiger partial charge in [0.15, 0.2) is 0 Å². The Labute approximate surface area is 156 Å². The van der Waals surface area contributed by atoms with Crippen LogP contribution in [-0.4, -0.2) is 17.9 Å². The van der Waals surface area contributed by atoms with Gasteiger partial charge >= 0.3 is 0 Å². The quantitative estimate of drug-likeness (QED) is 0.649. The van der Waals surface area contributed by atoms with Crippen molar-refractivity contribution in [2.75, 3.05) is 17.7 Å². The summed E-state index contributed by atoms with van der Waals surface area (Å²) in [5.74, 6) is 0.542. The lowest BCUT2D eigenvalue weighted by molar-refractivity contribution is 0.0951. The van der Waals surface area contributed by atoms with Crippen LogP contribution in [0.1, 0.15) is 21.7 Å². The number of anilines is 2. The van der Waals surface area contributed by atoms with E-state index in [9.17, 15) is 4.79 Å². The molecule has 3 rings (SSSR count). The zero-order valence-electron chi connectivity index (χ0n) is 14.3. The summed E-state index contributed by atoms with van der Waals surface area (Å²) < 4.78 is 5.38. The normalized spacial score (nSPS) is 10.5. The molecule has 134 valence electrons. The van der Waals surface area contributed by atoms with Crippen molar-refractivity contribution in [1.82, 2.24) is 10.3 Å². The topological polar surface area (TPSA) is 84.4 Å². The van der Waals surface area contributed by atoms with E-state index in [4.69, 9.17) is 21.8 Å². The molecule has 0 aliphatic carbocycles. The van der Waals surface area contributed by atoms with Gasteiger partial charge in [-0.2, -0.15) is 0 Å². The molecule has 2 heterocycles. The number of nitrogens with one attached hydrogen (secondary N) is 1. The van der Waals surface area contributed by atoms with Gasteiger partial charge in [0.1, 0.15) is 5.76 Å². The summed E-state index contributed by atoms with van der Waals surface area (Å²) in [7, 11) is 1.86. The molecule has 0 saturated heterocycles. The number of nitrogens with zero attached hydrogens (tertiary/aromatic N) is 2. The van der Waals surface area contributed by atoms with Crippen LogP contribution in [-0.2, 0) is 13.1 Å². The van der Waals surface area contributed by atoms with Crippen molar-refractivity contribution < 1.29 is 9.21 Å². The average Bonchev–Trinajstić information content (AvgIpc) is 3.15. The van der Waals surface area contributed by atoms with Crippen LogP contribution in [0, 0.1) is 0 Å². The average molecular weight is 371 g/mol. The van der Waals surface area contributed by atoms with Gasteiger partial charge in [-0.05, 0) is 35.9 Å². The number of carbonyl (C=O) groups excluding carboxylic acids is 1. The number of nitrogens with two attached hydrogens (primary N) is 1. The monoisotopic (exact) mass is 370 g/mol. The number of halogens is 1. The van der Waals surface area contributed by atoms with E-state index in [0.29, 0.717) is 35.1 Å². The molecule has 0 fully saturated rings. The van der Waals surface area contributed by atoms with Gasteiger partial charge in [-0.3, -0.25) is 9.78 Å². The van der Waals surface area contributed by atoms with E-state index in [1.54, 1.807) is 30.8 Å². The van der Waals surface area contributed by atoms with Crippen molar-refractivity contribution in [1.29, 1.82) is 0 Å². The second-order valence-corrected chi connectivity index (χ2v) is 6.28. The highest BCUT2D eigenvalue weighted by atomic mass is 35.5. The zero-order chi connectivity index (χ0) is 18.5. The first-order chi connectivity index (χ1) is 12.5. The van der Waals surface area contributed by atoms with Crippen LogP contribution in [0.3, 0.4) is 0 Å². The lowest BCUT2D eigenvalue weighted by Gasteiger charge is -2.22. The molecule has 0 radical (unpaired) electrons. The molecular formula is C19H19ClN4O2. The Morgan fingerprint density at radius 3 is 2.88 bits per heavy atom. The highest BCUT2D eigenvalue weighted by Gasteiger charge is 2.18. The fourth-order valence-electron chi connectivity index (χ4n) is 2.58. The third-order valence-electron chi connectivity index (χ3n) is 3.92. The molecule has 3 N–H and O–H groups in total. The molecular weight excluding hydrogens is 352 g/mol. The molecule has 0 bridgehead atoms. The number of amides is 1. The summed E-state index contributed by atoms with van der Waals surface area (Å²) in [6.45, 7) is 0.868. The van der Waals surface area contributed by atoms with Crippen molar-refractivity contribution in [2.24, 2.45) is 0 Å². The second-order valence-electron chi connectivity index (χ2n) is 5.87. The van der Waals surface area contributed by atoms with Gasteiger partial charge in [0.05, 0.1) is 34.8 Å². The van der Waals surface area contributed by atoms with E-state index < -0.39 is 0 Å². The van der Waals surface area contributed by atoms with Gasteiger partial charge in [-0.15, -0.1) is 0 Å². The summed E-state index contributed by atoms with van der Waals surface area (Å²) in [6, 6.07) is 10.7. The highest BCUT2D eigenvalue weighted by molar-refractivity contribution is 6.33. The Bertz CT molecular complexity index is 882. The van der Waals surface area contributed by atoms with Crippen molar-refractivity contribution in [3.8, 4) is 0 Å². The molecule has 6 nitrogen and oxygen atoms in total. The Kier molecular flexibility index (Phi) is 5.43. The number of pyridine rings is 1. The molecule has 7 heteroatoms. The molecule has 2 aromatic heterocycles. The van der Waals surface area contributed by atoms with E-state index in [2.05, 4.69) is 10.3 Å². The third kappa shape index (κ3) is 4.15. The molecule has 1 amide bonds. The summed E-state index contributed by atoms with van der Waals surface area (Å²) in [5.41, 5.74) is 8.30. The molecule has 1 aromatic carbocycles. The lowest BCUT2D eigenvalue weighted by Crippen LogP contribution is -2.27. The van der Waals surface area contributed by atoms with Crippen LogP contribution in [0.15, 0.2) is 59.5 Å². The van der Waals surface area contributed by atoms with E-state index in [1.807, 2.05) is 36.2 Å². The predicted octanol–water partition coefficient (Wildman–Crippen LogP) is 3.48. The van der Waals surface area contributed by atoms with Crippen LogP contribution in [0.25, 0.3) is 0 Å². The SMILES string of the molecule is CN(Cc1ccco1)c1cc(Cl)c(N)cc1C(=O)NCc1cccnc1. The van der Waals surface area contributed by atoms with Crippen LogP contribution >= 0.6 is 11.6 Å². The standard InChI is InChI=1S/C19H19ClN4O2/c1-24(12-14-5-3-7-26-14)18-9-16(20)17(21)8-15(18)19(25)23-11-13-4-2-6-22-10-13/h2-10H,11-12,21H2,1H3,(H,23,25). The summed E-state index contributed by atoms with van der Waals surface area (Å²) in [4.78, 5) is 18.7. The fraction of sp³-hybridized carbons (Fsp3) is 0.158. The second kappa shape index (κ2) is 7.93. The van der Waals surface area contributed by atoms with E-state index >= 15 is 0 Å². The van der Waals surface area contributed by atoms with Gasteiger partial charge in [0.2, 0.25) is 0 Å². The number of hydrogen-bond donors (Lipinski definition) is 2. The summed E-state index contributed by atoms with van der Waals surface area (Å²) in [5, 5.41) is 3.29. The minimum absolute atomic E-state index is 0.237. The van der Waals surface area contributed by atoms with Gasteiger partial charge in [0, 0.05) is 26.0 Å². The molecule has 26 heavy (non-hydrogen) atoms.